The fraction of sp³-hybridized carbons (Fsp3) is 0.611. The number of nitrogens with zero attached hydrogens (tertiary/aromatic N) is 3. The zero-order valence-corrected chi connectivity index (χ0v) is 14.8. The third kappa shape index (κ3) is 3.52. The summed E-state index contributed by atoms with van der Waals surface area (Å²) in [4.78, 5) is 26.0. The van der Waals surface area contributed by atoms with Crippen LogP contribution in [0.1, 0.15) is 45.6 Å². The minimum atomic E-state index is 0.233. The molecule has 0 spiro atoms. The Morgan fingerprint density at radius 3 is 3.04 bits per heavy atom. The number of anilines is 1. The third-order valence-corrected chi connectivity index (χ3v) is 4.60. The number of amides is 1. The summed E-state index contributed by atoms with van der Waals surface area (Å²) in [7, 11) is 0. The molecule has 24 heavy (non-hydrogen) atoms. The number of hydrogen-bond donors (Lipinski definition) is 2. The predicted octanol–water partition coefficient (Wildman–Crippen LogP) is 2.97. The zero-order valence-electron chi connectivity index (χ0n) is 14.8. The minimum absolute atomic E-state index is 0.233. The zero-order chi connectivity index (χ0) is 17.1. The molecule has 1 amide bonds. The summed E-state index contributed by atoms with van der Waals surface area (Å²) >= 11 is 0. The third-order valence-electron chi connectivity index (χ3n) is 4.60. The van der Waals surface area contributed by atoms with E-state index in [1.807, 2.05) is 18.0 Å². The van der Waals surface area contributed by atoms with Crippen molar-refractivity contribution in [3.8, 4) is 0 Å². The largest absolute Gasteiger partial charge is 0.365 e. The second-order valence-electron chi connectivity index (χ2n) is 7.03. The standard InChI is InChI=1S/C18H27N5O/c1-4-15(24)23-7-5-6-14(10-23)22-18-16-13(8-12(2)3)9-19-17(16)20-11-21-18/h9,11-12,14H,4-8,10H2,1-3H3,(H2,19,20,21,22)/t14-/m1/s1. The predicted molar refractivity (Wildman–Crippen MR) is 95.9 cm³/mol. The summed E-state index contributed by atoms with van der Waals surface area (Å²) in [5.74, 6) is 1.69. The van der Waals surface area contributed by atoms with Crippen LogP contribution in [0.15, 0.2) is 12.5 Å². The Morgan fingerprint density at radius 2 is 2.29 bits per heavy atom. The van der Waals surface area contributed by atoms with Gasteiger partial charge in [0.15, 0.2) is 0 Å². The van der Waals surface area contributed by atoms with Gasteiger partial charge in [0.25, 0.3) is 0 Å². The lowest BCUT2D eigenvalue weighted by molar-refractivity contribution is -0.131. The highest BCUT2D eigenvalue weighted by Crippen LogP contribution is 2.27. The maximum atomic E-state index is 12.0. The topological polar surface area (TPSA) is 73.9 Å². The van der Waals surface area contributed by atoms with Crippen LogP contribution in [0.25, 0.3) is 11.0 Å². The average Bonchev–Trinajstić information content (AvgIpc) is 2.98. The van der Waals surface area contributed by atoms with Gasteiger partial charge in [0.1, 0.15) is 17.8 Å². The molecule has 1 aliphatic rings. The summed E-state index contributed by atoms with van der Waals surface area (Å²) in [6.45, 7) is 7.97. The molecule has 3 rings (SSSR count). The van der Waals surface area contributed by atoms with Crippen molar-refractivity contribution in [1.29, 1.82) is 0 Å². The van der Waals surface area contributed by atoms with Gasteiger partial charge in [-0.15, -0.1) is 0 Å². The van der Waals surface area contributed by atoms with E-state index in [0.717, 1.165) is 49.2 Å². The lowest BCUT2D eigenvalue weighted by atomic mass is 10.0. The maximum Gasteiger partial charge on any atom is 0.222 e. The smallest absolute Gasteiger partial charge is 0.222 e. The van der Waals surface area contributed by atoms with E-state index < -0.39 is 0 Å². The number of hydrogen-bond acceptors (Lipinski definition) is 4. The number of aromatic amines is 1. The first-order chi connectivity index (χ1) is 11.6. The van der Waals surface area contributed by atoms with Gasteiger partial charge in [-0.1, -0.05) is 20.8 Å². The van der Waals surface area contributed by atoms with Crippen molar-refractivity contribution < 1.29 is 4.79 Å². The molecule has 3 heterocycles. The van der Waals surface area contributed by atoms with Gasteiger partial charge in [0.2, 0.25) is 5.91 Å². The maximum absolute atomic E-state index is 12.0. The van der Waals surface area contributed by atoms with Crippen molar-refractivity contribution in [2.45, 2.75) is 52.5 Å². The fourth-order valence-electron chi connectivity index (χ4n) is 3.48. The van der Waals surface area contributed by atoms with Gasteiger partial charge in [0.05, 0.1) is 5.39 Å². The van der Waals surface area contributed by atoms with Gasteiger partial charge >= 0.3 is 0 Å². The van der Waals surface area contributed by atoms with Crippen LogP contribution < -0.4 is 5.32 Å². The van der Waals surface area contributed by atoms with Crippen LogP contribution in [0.4, 0.5) is 5.82 Å². The quantitative estimate of drug-likeness (QED) is 0.884. The highest BCUT2D eigenvalue weighted by atomic mass is 16.2. The van der Waals surface area contributed by atoms with Gasteiger partial charge < -0.3 is 15.2 Å². The summed E-state index contributed by atoms with van der Waals surface area (Å²) in [5.41, 5.74) is 2.13. The molecule has 0 bridgehead atoms. The van der Waals surface area contributed by atoms with Gasteiger partial charge in [-0.25, -0.2) is 9.97 Å². The SMILES string of the molecule is CCC(=O)N1CCC[C@@H](Nc2ncnc3[nH]cc(CC(C)C)c23)C1. The molecule has 0 aliphatic carbocycles. The molecular formula is C18H27N5O. The molecule has 1 atom stereocenters. The monoisotopic (exact) mass is 329 g/mol. The first-order valence-corrected chi connectivity index (χ1v) is 8.93. The molecule has 0 aromatic carbocycles. The number of likely N-dealkylation sites (tertiary alicyclic amines) is 1. The lowest BCUT2D eigenvalue weighted by Crippen LogP contribution is -2.45. The van der Waals surface area contributed by atoms with Gasteiger partial charge in [-0.2, -0.15) is 0 Å². The number of nitrogens with one attached hydrogen (secondary N) is 2. The van der Waals surface area contributed by atoms with Crippen LogP contribution >= 0.6 is 0 Å². The normalized spacial score (nSPS) is 18.3. The summed E-state index contributed by atoms with van der Waals surface area (Å²) < 4.78 is 0. The van der Waals surface area contributed by atoms with Crippen molar-refractivity contribution in [2.24, 2.45) is 5.92 Å². The molecular weight excluding hydrogens is 302 g/mol. The van der Waals surface area contributed by atoms with E-state index in [1.54, 1.807) is 6.33 Å². The van der Waals surface area contributed by atoms with Gasteiger partial charge in [-0.05, 0) is 30.7 Å². The molecule has 2 aromatic heterocycles. The summed E-state index contributed by atoms with van der Waals surface area (Å²) in [5, 5.41) is 4.66. The Bertz CT molecular complexity index is 708. The van der Waals surface area contributed by atoms with Crippen LogP contribution in [0.5, 0.6) is 0 Å². The van der Waals surface area contributed by atoms with E-state index in [1.165, 1.54) is 5.56 Å². The molecule has 0 radical (unpaired) electrons. The Morgan fingerprint density at radius 1 is 1.46 bits per heavy atom. The van der Waals surface area contributed by atoms with Crippen LogP contribution in [-0.4, -0.2) is 44.9 Å². The van der Waals surface area contributed by atoms with Crippen LogP contribution in [0.3, 0.4) is 0 Å². The number of carbonyl (C=O) groups excluding carboxylic acids is 1. The van der Waals surface area contributed by atoms with Gasteiger partial charge in [0, 0.05) is 31.7 Å². The van der Waals surface area contributed by atoms with Crippen molar-refractivity contribution in [3.63, 3.8) is 0 Å². The molecule has 2 aromatic rings. The van der Waals surface area contributed by atoms with Crippen LogP contribution in [-0.2, 0) is 11.2 Å². The number of fused-ring (bicyclic) bond motifs is 1. The first kappa shape index (κ1) is 16.7. The Kier molecular flexibility index (Phi) is 5.02. The average molecular weight is 329 g/mol. The van der Waals surface area contributed by atoms with Crippen LogP contribution in [0, 0.1) is 5.92 Å². The molecule has 1 saturated heterocycles. The summed E-state index contributed by atoms with van der Waals surface area (Å²) in [6.07, 6.45) is 7.29. The van der Waals surface area contributed by atoms with Gasteiger partial charge in [-0.3, -0.25) is 4.79 Å². The molecule has 6 heteroatoms. The summed E-state index contributed by atoms with van der Waals surface area (Å²) in [6, 6.07) is 0.245. The van der Waals surface area contributed by atoms with E-state index in [0.29, 0.717) is 12.3 Å². The molecule has 0 saturated carbocycles. The molecule has 1 fully saturated rings. The highest BCUT2D eigenvalue weighted by molar-refractivity contribution is 5.90. The van der Waals surface area contributed by atoms with E-state index in [2.05, 4.69) is 34.1 Å². The minimum Gasteiger partial charge on any atom is -0.365 e. The number of piperidine rings is 1. The van der Waals surface area contributed by atoms with Crippen molar-refractivity contribution in [1.82, 2.24) is 19.9 Å². The first-order valence-electron chi connectivity index (χ1n) is 8.93. The van der Waals surface area contributed by atoms with E-state index in [4.69, 9.17) is 0 Å². The number of aromatic nitrogens is 3. The second-order valence-corrected chi connectivity index (χ2v) is 7.03. The second kappa shape index (κ2) is 7.20. The van der Waals surface area contributed by atoms with Crippen molar-refractivity contribution in [2.75, 3.05) is 18.4 Å². The highest BCUT2D eigenvalue weighted by Gasteiger charge is 2.24. The van der Waals surface area contributed by atoms with Crippen molar-refractivity contribution >= 4 is 22.8 Å². The molecule has 1 aliphatic heterocycles. The Hall–Kier alpha value is -2.11. The van der Waals surface area contributed by atoms with E-state index in [9.17, 15) is 4.79 Å². The van der Waals surface area contributed by atoms with E-state index in [-0.39, 0.29) is 11.9 Å². The molecule has 130 valence electrons. The van der Waals surface area contributed by atoms with E-state index >= 15 is 0 Å². The molecule has 0 unspecified atom stereocenters. The fourth-order valence-corrected chi connectivity index (χ4v) is 3.48. The van der Waals surface area contributed by atoms with Crippen molar-refractivity contribution in [3.05, 3.63) is 18.1 Å². The number of H-pyrrole nitrogens is 1. The van der Waals surface area contributed by atoms with Crippen LogP contribution in [0.2, 0.25) is 0 Å². The number of rotatable bonds is 5. The lowest BCUT2D eigenvalue weighted by Gasteiger charge is -2.33. The molecule has 6 nitrogen and oxygen atoms in total. The Labute approximate surface area is 143 Å². The number of carbonyl (C=O) groups is 1. The Balaban J connectivity index is 1.81. The molecule has 2 N–H and O–H groups in total.